The maximum Gasteiger partial charge on any atom is 0.119 e. The second-order valence-corrected chi connectivity index (χ2v) is 5.04. The molecule has 0 heterocycles. The quantitative estimate of drug-likeness (QED) is 0.790. The number of ether oxygens (including phenoxy) is 2. The average Bonchev–Trinajstić information content (AvgIpc) is 2.29. The molecule has 0 aliphatic rings. The number of benzene rings is 1. The van der Waals surface area contributed by atoms with Gasteiger partial charge in [-0.15, -0.1) is 0 Å². The van der Waals surface area contributed by atoms with Gasteiger partial charge in [-0.05, 0) is 24.7 Å². The molecule has 1 rings (SSSR count). The molecule has 0 aliphatic heterocycles. The Kier molecular flexibility index (Phi) is 5.45. The zero-order valence-electron chi connectivity index (χ0n) is 11.2. The van der Waals surface area contributed by atoms with E-state index in [1.165, 1.54) is 0 Å². The van der Waals surface area contributed by atoms with Gasteiger partial charge in [-0.2, -0.15) is 0 Å². The van der Waals surface area contributed by atoms with Gasteiger partial charge in [0.1, 0.15) is 5.75 Å². The van der Waals surface area contributed by atoms with E-state index in [1.54, 1.807) is 7.11 Å². The van der Waals surface area contributed by atoms with Crippen molar-refractivity contribution in [2.75, 3.05) is 27.3 Å². The predicted octanol–water partition coefficient (Wildman–Crippen LogP) is 2.46. The first-order valence-corrected chi connectivity index (χ1v) is 5.93. The fourth-order valence-corrected chi connectivity index (χ4v) is 1.74. The summed E-state index contributed by atoms with van der Waals surface area (Å²) in [5.41, 5.74) is 1.30. The van der Waals surface area contributed by atoms with Crippen molar-refractivity contribution in [3.8, 4) is 5.75 Å². The summed E-state index contributed by atoms with van der Waals surface area (Å²) in [6, 6.07) is 7.98. The zero-order chi connectivity index (χ0) is 12.7. The molecular formula is C14H23NO2. The summed E-state index contributed by atoms with van der Waals surface area (Å²) < 4.78 is 10.9. The van der Waals surface area contributed by atoms with Gasteiger partial charge in [0.25, 0.3) is 0 Å². The highest BCUT2D eigenvalue weighted by molar-refractivity contribution is 5.27. The number of methoxy groups -OCH3 is 1. The molecule has 1 aromatic rings. The number of rotatable bonds is 7. The number of hydrogen-bond acceptors (Lipinski definition) is 3. The third-order valence-electron chi connectivity index (χ3n) is 2.55. The Morgan fingerprint density at radius 2 is 2.06 bits per heavy atom. The average molecular weight is 237 g/mol. The SMILES string of the molecule is CNCC(C)(C)COCc1cccc(OC)c1. The maximum absolute atomic E-state index is 5.74. The minimum absolute atomic E-state index is 0.160. The van der Waals surface area contributed by atoms with E-state index < -0.39 is 0 Å². The van der Waals surface area contributed by atoms with Crippen LogP contribution in [0.15, 0.2) is 24.3 Å². The summed E-state index contributed by atoms with van der Waals surface area (Å²) in [6.45, 7) is 6.70. The number of hydrogen-bond donors (Lipinski definition) is 1. The first-order valence-electron chi connectivity index (χ1n) is 5.93. The Hall–Kier alpha value is -1.06. The van der Waals surface area contributed by atoms with Gasteiger partial charge in [-0.3, -0.25) is 0 Å². The summed E-state index contributed by atoms with van der Waals surface area (Å²) in [5, 5.41) is 3.17. The van der Waals surface area contributed by atoms with Crippen LogP contribution in [0.4, 0.5) is 0 Å². The lowest BCUT2D eigenvalue weighted by Crippen LogP contribution is -2.31. The van der Waals surface area contributed by atoms with E-state index in [2.05, 4.69) is 19.2 Å². The molecule has 0 amide bonds. The van der Waals surface area contributed by atoms with Crippen molar-refractivity contribution in [3.05, 3.63) is 29.8 Å². The smallest absolute Gasteiger partial charge is 0.119 e. The first-order chi connectivity index (χ1) is 8.07. The largest absolute Gasteiger partial charge is 0.497 e. The lowest BCUT2D eigenvalue weighted by Gasteiger charge is -2.23. The van der Waals surface area contributed by atoms with Gasteiger partial charge in [0.05, 0.1) is 20.3 Å². The van der Waals surface area contributed by atoms with Crippen LogP contribution in [0.5, 0.6) is 5.75 Å². The van der Waals surface area contributed by atoms with E-state index in [9.17, 15) is 0 Å². The van der Waals surface area contributed by atoms with E-state index in [-0.39, 0.29) is 5.41 Å². The Balaban J connectivity index is 2.40. The molecule has 0 saturated carbocycles. The summed E-state index contributed by atoms with van der Waals surface area (Å²) >= 11 is 0. The van der Waals surface area contributed by atoms with Crippen molar-refractivity contribution in [1.29, 1.82) is 0 Å². The fourth-order valence-electron chi connectivity index (χ4n) is 1.74. The van der Waals surface area contributed by atoms with Crippen LogP contribution in [-0.2, 0) is 11.3 Å². The van der Waals surface area contributed by atoms with Crippen molar-refractivity contribution in [1.82, 2.24) is 5.32 Å². The second kappa shape index (κ2) is 6.62. The van der Waals surface area contributed by atoms with Gasteiger partial charge in [-0.1, -0.05) is 26.0 Å². The predicted molar refractivity (Wildman–Crippen MR) is 70.4 cm³/mol. The van der Waals surface area contributed by atoms with Crippen molar-refractivity contribution >= 4 is 0 Å². The van der Waals surface area contributed by atoms with Gasteiger partial charge in [0.15, 0.2) is 0 Å². The molecule has 1 N–H and O–H groups in total. The molecule has 0 aliphatic carbocycles. The summed E-state index contributed by atoms with van der Waals surface area (Å²) in [7, 11) is 3.64. The molecule has 1 aromatic carbocycles. The molecule has 0 atom stereocenters. The molecule has 0 fully saturated rings. The van der Waals surface area contributed by atoms with Gasteiger partial charge in [0, 0.05) is 12.0 Å². The molecule has 17 heavy (non-hydrogen) atoms. The van der Waals surface area contributed by atoms with E-state index in [1.807, 2.05) is 31.3 Å². The third kappa shape index (κ3) is 5.20. The lowest BCUT2D eigenvalue weighted by atomic mass is 9.95. The van der Waals surface area contributed by atoms with E-state index in [0.29, 0.717) is 6.61 Å². The standard InChI is InChI=1S/C14H23NO2/c1-14(2,10-15-3)11-17-9-12-6-5-7-13(8-12)16-4/h5-8,15H,9-11H2,1-4H3. The summed E-state index contributed by atoms with van der Waals surface area (Å²) in [6.07, 6.45) is 0. The zero-order valence-corrected chi connectivity index (χ0v) is 11.2. The molecule has 0 spiro atoms. The van der Waals surface area contributed by atoms with Crippen LogP contribution < -0.4 is 10.1 Å². The molecule has 0 bridgehead atoms. The molecule has 3 nitrogen and oxygen atoms in total. The van der Waals surface area contributed by atoms with Crippen molar-refractivity contribution in [2.45, 2.75) is 20.5 Å². The monoisotopic (exact) mass is 237 g/mol. The summed E-state index contributed by atoms with van der Waals surface area (Å²) in [4.78, 5) is 0. The van der Waals surface area contributed by atoms with Crippen LogP contribution in [0.25, 0.3) is 0 Å². The lowest BCUT2D eigenvalue weighted by molar-refractivity contribution is 0.0521. The van der Waals surface area contributed by atoms with Crippen LogP contribution in [-0.4, -0.2) is 27.3 Å². The van der Waals surface area contributed by atoms with Crippen LogP contribution in [0.3, 0.4) is 0 Å². The van der Waals surface area contributed by atoms with E-state index in [0.717, 1.165) is 24.5 Å². The van der Waals surface area contributed by atoms with Crippen molar-refractivity contribution in [3.63, 3.8) is 0 Å². The topological polar surface area (TPSA) is 30.5 Å². The van der Waals surface area contributed by atoms with E-state index in [4.69, 9.17) is 9.47 Å². The Morgan fingerprint density at radius 3 is 2.71 bits per heavy atom. The second-order valence-electron chi connectivity index (χ2n) is 5.04. The van der Waals surface area contributed by atoms with Crippen molar-refractivity contribution in [2.24, 2.45) is 5.41 Å². The summed E-state index contributed by atoms with van der Waals surface area (Å²) in [5.74, 6) is 0.876. The van der Waals surface area contributed by atoms with E-state index >= 15 is 0 Å². The van der Waals surface area contributed by atoms with Gasteiger partial charge < -0.3 is 14.8 Å². The molecule has 0 unspecified atom stereocenters. The molecule has 0 aromatic heterocycles. The highest BCUT2D eigenvalue weighted by atomic mass is 16.5. The third-order valence-corrected chi connectivity index (χ3v) is 2.55. The minimum atomic E-state index is 0.160. The van der Waals surface area contributed by atoms with Crippen molar-refractivity contribution < 1.29 is 9.47 Å². The van der Waals surface area contributed by atoms with Gasteiger partial charge in [0.2, 0.25) is 0 Å². The molecule has 3 heteroatoms. The van der Waals surface area contributed by atoms with Gasteiger partial charge >= 0.3 is 0 Å². The highest BCUT2D eigenvalue weighted by Gasteiger charge is 2.16. The molecule has 96 valence electrons. The highest BCUT2D eigenvalue weighted by Crippen LogP contribution is 2.17. The normalized spacial score (nSPS) is 11.5. The molecular weight excluding hydrogens is 214 g/mol. The fraction of sp³-hybridized carbons (Fsp3) is 0.571. The first kappa shape index (κ1) is 14.0. The number of nitrogens with one attached hydrogen (secondary N) is 1. The van der Waals surface area contributed by atoms with Crippen LogP contribution in [0, 0.1) is 5.41 Å². The van der Waals surface area contributed by atoms with Crippen LogP contribution >= 0.6 is 0 Å². The molecule has 0 saturated heterocycles. The minimum Gasteiger partial charge on any atom is -0.497 e. The Labute approximate surface area is 104 Å². The molecule has 0 radical (unpaired) electrons. The maximum atomic E-state index is 5.74. The Morgan fingerprint density at radius 1 is 1.29 bits per heavy atom. The van der Waals surface area contributed by atoms with Crippen LogP contribution in [0.2, 0.25) is 0 Å². The van der Waals surface area contributed by atoms with Crippen LogP contribution in [0.1, 0.15) is 19.4 Å². The van der Waals surface area contributed by atoms with Gasteiger partial charge in [-0.25, -0.2) is 0 Å². The Bertz CT molecular complexity index is 337.